The highest BCUT2D eigenvalue weighted by atomic mass is 35.5. The topological polar surface area (TPSA) is 61.0 Å². The van der Waals surface area contributed by atoms with Gasteiger partial charge in [0.15, 0.2) is 5.69 Å². The fourth-order valence-electron chi connectivity index (χ4n) is 3.09. The summed E-state index contributed by atoms with van der Waals surface area (Å²) >= 11 is 6.06. The van der Waals surface area contributed by atoms with Gasteiger partial charge in [0.2, 0.25) is 0 Å². The number of hydrogen-bond donors (Lipinski definition) is 2. The monoisotopic (exact) mass is 338 g/mol. The molecule has 5 nitrogen and oxygen atoms in total. The molecule has 0 saturated carbocycles. The number of amides is 1. The third-order valence-corrected chi connectivity index (χ3v) is 4.43. The van der Waals surface area contributed by atoms with Crippen LogP contribution in [0.15, 0.2) is 18.2 Å². The van der Waals surface area contributed by atoms with Gasteiger partial charge in [0.1, 0.15) is 0 Å². The summed E-state index contributed by atoms with van der Waals surface area (Å²) in [5.74, 6) is -0.0442. The van der Waals surface area contributed by atoms with Crippen LogP contribution >= 0.6 is 24.0 Å². The Bertz CT molecular complexity index is 728. The summed E-state index contributed by atoms with van der Waals surface area (Å²) in [6.45, 7) is 2.30. The summed E-state index contributed by atoms with van der Waals surface area (Å²) in [5, 5.41) is 11.2. The van der Waals surface area contributed by atoms with Crippen molar-refractivity contribution in [3.05, 3.63) is 45.7 Å². The van der Waals surface area contributed by atoms with E-state index in [0.29, 0.717) is 23.8 Å². The first-order valence-corrected chi connectivity index (χ1v) is 7.49. The van der Waals surface area contributed by atoms with Crippen molar-refractivity contribution in [1.29, 1.82) is 0 Å². The van der Waals surface area contributed by atoms with Crippen LogP contribution in [0, 0.1) is 0 Å². The Kier molecular flexibility index (Phi) is 4.12. The Hall–Kier alpha value is -1.56. The van der Waals surface area contributed by atoms with Gasteiger partial charge in [0.05, 0.1) is 0 Å². The van der Waals surface area contributed by atoms with E-state index in [0.717, 1.165) is 41.9 Å². The molecule has 2 aromatic rings. The minimum Gasteiger partial charge on any atom is -0.312 e. The summed E-state index contributed by atoms with van der Waals surface area (Å²) in [6, 6.07) is 5.72. The number of H-pyrrole nitrogens is 1. The highest BCUT2D eigenvalue weighted by Gasteiger charge is 2.30. The number of halogens is 2. The molecule has 4 rings (SSSR count). The van der Waals surface area contributed by atoms with Crippen LogP contribution < -0.4 is 10.2 Å². The maximum Gasteiger partial charge on any atom is 0.279 e. The second kappa shape index (κ2) is 5.91. The predicted octanol–water partition coefficient (Wildman–Crippen LogP) is 2.33. The molecule has 1 aromatic heterocycles. The van der Waals surface area contributed by atoms with Crippen LogP contribution in [-0.4, -0.2) is 29.2 Å². The SMILES string of the molecule is Cl.O=C(c1n[nH]c2c1CNCC2)N1CCc2ccc(Cl)cc21. The van der Waals surface area contributed by atoms with Crippen LogP contribution in [0.2, 0.25) is 5.02 Å². The number of aromatic nitrogens is 2. The van der Waals surface area contributed by atoms with Crippen molar-refractivity contribution in [1.82, 2.24) is 15.5 Å². The molecule has 0 saturated heterocycles. The van der Waals surface area contributed by atoms with Gasteiger partial charge in [0, 0.05) is 48.0 Å². The standard InChI is InChI=1S/C15H15ClN4O.ClH/c16-10-2-1-9-4-6-20(13(9)7-10)15(21)14-11-8-17-5-3-12(11)18-19-14;/h1-2,7,17H,3-6,8H2,(H,18,19);1H. The molecule has 0 radical (unpaired) electrons. The van der Waals surface area contributed by atoms with Crippen LogP contribution in [0.4, 0.5) is 5.69 Å². The Morgan fingerprint density at radius 2 is 2.18 bits per heavy atom. The number of rotatable bonds is 1. The molecule has 7 heteroatoms. The number of carbonyl (C=O) groups is 1. The van der Waals surface area contributed by atoms with Crippen LogP contribution in [0.5, 0.6) is 0 Å². The molecule has 2 aliphatic heterocycles. The number of carbonyl (C=O) groups excluding carboxylic acids is 1. The minimum absolute atomic E-state index is 0. The summed E-state index contributed by atoms with van der Waals surface area (Å²) < 4.78 is 0. The lowest BCUT2D eigenvalue weighted by Crippen LogP contribution is -2.31. The minimum atomic E-state index is -0.0442. The third-order valence-electron chi connectivity index (χ3n) is 4.20. The molecular formula is C15H16Cl2N4O. The molecular weight excluding hydrogens is 323 g/mol. The molecule has 1 amide bonds. The number of nitrogens with one attached hydrogen (secondary N) is 2. The molecule has 2 aliphatic rings. The smallest absolute Gasteiger partial charge is 0.279 e. The summed E-state index contributed by atoms with van der Waals surface area (Å²) in [5.41, 5.74) is 4.68. The van der Waals surface area contributed by atoms with Crippen molar-refractivity contribution < 1.29 is 4.79 Å². The van der Waals surface area contributed by atoms with Gasteiger partial charge < -0.3 is 10.2 Å². The zero-order valence-corrected chi connectivity index (χ0v) is 13.4. The number of benzene rings is 1. The van der Waals surface area contributed by atoms with Gasteiger partial charge in [-0.1, -0.05) is 17.7 Å². The summed E-state index contributed by atoms with van der Waals surface area (Å²) in [7, 11) is 0. The van der Waals surface area contributed by atoms with Gasteiger partial charge in [-0.2, -0.15) is 5.10 Å². The van der Waals surface area contributed by atoms with Gasteiger partial charge in [-0.3, -0.25) is 9.89 Å². The molecule has 2 N–H and O–H groups in total. The lowest BCUT2D eigenvalue weighted by Gasteiger charge is -2.18. The average Bonchev–Trinajstić information content (AvgIpc) is 3.10. The normalized spacial score (nSPS) is 16.0. The van der Waals surface area contributed by atoms with Crippen LogP contribution in [0.1, 0.15) is 27.3 Å². The second-order valence-corrected chi connectivity index (χ2v) is 5.87. The van der Waals surface area contributed by atoms with E-state index in [1.807, 2.05) is 18.2 Å². The first kappa shape index (κ1) is 15.3. The van der Waals surface area contributed by atoms with E-state index in [2.05, 4.69) is 15.5 Å². The van der Waals surface area contributed by atoms with E-state index in [1.165, 1.54) is 0 Å². The lowest BCUT2D eigenvalue weighted by atomic mass is 10.1. The number of hydrogen-bond acceptors (Lipinski definition) is 3. The average molecular weight is 339 g/mol. The lowest BCUT2D eigenvalue weighted by molar-refractivity contribution is 0.0983. The molecule has 0 aliphatic carbocycles. The van der Waals surface area contributed by atoms with Crippen molar-refractivity contribution in [2.24, 2.45) is 0 Å². The molecule has 1 aromatic carbocycles. The van der Waals surface area contributed by atoms with E-state index in [4.69, 9.17) is 11.6 Å². The zero-order chi connectivity index (χ0) is 14.4. The van der Waals surface area contributed by atoms with Crippen molar-refractivity contribution >= 4 is 35.6 Å². The predicted molar refractivity (Wildman–Crippen MR) is 88.1 cm³/mol. The van der Waals surface area contributed by atoms with Crippen LogP contribution in [0.3, 0.4) is 0 Å². The highest BCUT2D eigenvalue weighted by molar-refractivity contribution is 6.31. The summed E-state index contributed by atoms with van der Waals surface area (Å²) in [4.78, 5) is 14.6. The fraction of sp³-hybridized carbons (Fsp3) is 0.333. The number of fused-ring (bicyclic) bond motifs is 2. The number of nitrogens with zero attached hydrogens (tertiary/aromatic N) is 2. The van der Waals surface area contributed by atoms with E-state index < -0.39 is 0 Å². The van der Waals surface area contributed by atoms with E-state index in [9.17, 15) is 4.79 Å². The first-order chi connectivity index (χ1) is 10.2. The quantitative estimate of drug-likeness (QED) is 0.838. The molecule has 116 valence electrons. The van der Waals surface area contributed by atoms with Crippen molar-refractivity contribution in [2.75, 3.05) is 18.0 Å². The molecule has 0 atom stereocenters. The molecule has 0 fully saturated rings. The van der Waals surface area contributed by atoms with Crippen molar-refractivity contribution in [3.63, 3.8) is 0 Å². The van der Waals surface area contributed by atoms with Crippen LogP contribution in [0.25, 0.3) is 0 Å². The zero-order valence-electron chi connectivity index (χ0n) is 11.9. The fourth-order valence-corrected chi connectivity index (χ4v) is 3.26. The van der Waals surface area contributed by atoms with Gasteiger partial charge in [-0.25, -0.2) is 0 Å². The second-order valence-electron chi connectivity index (χ2n) is 5.44. The molecule has 0 unspecified atom stereocenters. The molecule has 0 spiro atoms. The Morgan fingerprint density at radius 3 is 3.05 bits per heavy atom. The third kappa shape index (κ3) is 2.39. The van der Waals surface area contributed by atoms with E-state index in [1.54, 1.807) is 4.90 Å². The Balaban J connectivity index is 0.00000144. The molecule has 3 heterocycles. The Morgan fingerprint density at radius 1 is 1.32 bits per heavy atom. The number of anilines is 1. The van der Waals surface area contributed by atoms with Crippen LogP contribution in [-0.2, 0) is 19.4 Å². The summed E-state index contributed by atoms with van der Waals surface area (Å²) in [6.07, 6.45) is 1.75. The Labute approximate surface area is 139 Å². The van der Waals surface area contributed by atoms with E-state index >= 15 is 0 Å². The van der Waals surface area contributed by atoms with Gasteiger partial charge in [0.25, 0.3) is 5.91 Å². The molecule has 0 bridgehead atoms. The van der Waals surface area contributed by atoms with Crippen molar-refractivity contribution in [3.8, 4) is 0 Å². The largest absolute Gasteiger partial charge is 0.312 e. The maximum atomic E-state index is 12.8. The maximum absolute atomic E-state index is 12.8. The van der Waals surface area contributed by atoms with Crippen molar-refractivity contribution in [2.45, 2.75) is 19.4 Å². The molecule has 22 heavy (non-hydrogen) atoms. The number of aromatic amines is 1. The first-order valence-electron chi connectivity index (χ1n) is 7.11. The van der Waals surface area contributed by atoms with Gasteiger partial charge in [-0.05, 0) is 24.1 Å². The van der Waals surface area contributed by atoms with Gasteiger partial charge >= 0.3 is 0 Å². The van der Waals surface area contributed by atoms with E-state index in [-0.39, 0.29) is 18.3 Å². The van der Waals surface area contributed by atoms with Gasteiger partial charge in [-0.15, -0.1) is 12.4 Å². The highest BCUT2D eigenvalue weighted by Crippen LogP contribution is 2.32.